The van der Waals surface area contributed by atoms with E-state index < -0.39 is 6.29 Å². The Kier molecular flexibility index (Phi) is 4.42. The molecule has 25 heavy (non-hydrogen) atoms. The second-order valence-electron chi connectivity index (χ2n) is 5.60. The number of aliphatic hydroxyl groups excluding tert-OH is 1. The highest BCUT2D eigenvalue weighted by Crippen LogP contribution is 2.35. The van der Waals surface area contributed by atoms with Gasteiger partial charge in [-0.1, -0.05) is 18.7 Å². The minimum absolute atomic E-state index is 0.0824. The molecule has 0 radical (unpaired) electrons. The third-order valence-corrected chi connectivity index (χ3v) is 3.91. The summed E-state index contributed by atoms with van der Waals surface area (Å²) >= 11 is 0. The van der Waals surface area contributed by atoms with Gasteiger partial charge in [0.05, 0.1) is 23.9 Å². The number of fused-ring (bicyclic) bond motifs is 1. The Balaban J connectivity index is 1.76. The summed E-state index contributed by atoms with van der Waals surface area (Å²) in [5.41, 5.74) is 2.47. The first-order valence-electron chi connectivity index (χ1n) is 7.57. The highest BCUT2D eigenvalue weighted by Gasteiger charge is 2.33. The van der Waals surface area contributed by atoms with Crippen molar-refractivity contribution < 1.29 is 19.4 Å². The summed E-state index contributed by atoms with van der Waals surface area (Å²) in [6.07, 6.45) is -1.09. The summed E-state index contributed by atoms with van der Waals surface area (Å²) in [5, 5.41) is 18.3. The Labute approximate surface area is 145 Å². The number of amides is 1. The zero-order chi connectivity index (χ0) is 18.0. The molecule has 1 heterocycles. The predicted molar refractivity (Wildman–Crippen MR) is 91.9 cm³/mol. The van der Waals surface area contributed by atoms with Crippen molar-refractivity contribution in [3.8, 4) is 11.8 Å². The van der Waals surface area contributed by atoms with Crippen LogP contribution in [0.5, 0.6) is 5.75 Å². The van der Waals surface area contributed by atoms with E-state index in [1.165, 1.54) is 4.90 Å². The van der Waals surface area contributed by atoms with Crippen LogP contribution in [0.25, 0.3) is 5.76 Å². The van der Waals surface area contributed by atoms with Crippen molar-refractivity contribution in [2.24, 2.45) is 0 Å². The van der Waals surface area contributed by atoms with Crippen LogP contribution in [0.4, 0.5) is 5.69 Å². The number of hydrogen-bond donors (Lipinski definition) is 1. The van der Waals surface area contributed by atoms with Gasteiger partial charge in [0.25, 0.3) is 12.2 Å². The van der Waals surface area contributed by atoms with Gasteiger partial charge in [0, 0.05) is 12.6 Å². The van der Waals surface area contributed by atoms with Gasteiger partial charge < -0.3 is 19.5 Å². The SMILES string of the molecule is C=C(O)c1ccc2c(c1)OC(OCc1ccc(C#N)cc1)C(=O)N2C. The monoisotopic (exact) mass is 336 g/mol. The number of benzene rings is 2. The lowest BCUT2D eigenvalue weighted by molar-refractivity contribution is -0.153. The van der Waals surface area contributed by atoms with E-state index in [1.54, 1.807) is 49.5 Å². The number of anilines is 1. The van der Waals surface area contributed by atoms with Crippen molar-refractivity contribution in [1.29, 1.82) is 5.26 Å². The molecule has 1 atom stereocenters. The van der Waals surface area contributed by atoms with Gasteiger partial charge in [-0.3, -0.25) is 4.79 Å². The van der Waals surface area contributed by atoms with Crippen LogP contribution in [0.3, 0.4) is 0 Å². The number of carbonyl (C=O) groups excluding carboxylic acids is 1. The van der Waals surface area contributed by atoms with Gasteiger partial charge in [-0.2, -0.15) is 5.26 Å². The lowest BCUT2D eigenvalue weighted by Crippen LogP contribution is -2.45. The van der Waals surface area contributed by atoms with Crippen molar-refractivity contribution in [2.45, 2.75) is 12.9 Å². The quantitative estimate of drug-likeness (QED) is 0.868. The normalized spacial score (nSPS) is 15.9. The highest BCUT2D eigenvalue weighted by molar-refractivity contribution is 5.99. The van der Waals surface area contributed by atoms with E-state index in [0.717, 1.165) is 5.56 Å². The Morgan fingerprint density at radius 1 is 1.36 bits per heavy atom. The molecule has 0 aromatic heterocycles. The van der Waals surface area contributed by atoms with Crippen LogP contribution in [0.2, 0.25) is 0 Å². The summed E-state index contributed by atoms with van der Waals surface area (Å²) in [7, 11) is 1.63. The van der Waals surface area contributed by atoms with Crippen molar-refractivity contribution in [2.75, 3.05) is 11.9 Å². The van der Waals surface area contributed by atoms with E-state index in [0.29, 0.717) is 22.6 Å². The van der Waals surface area contributed by atoms with E-state index in [1.807, 2.05) is 6.07 Å². The van der Waals surface area contributed by atoms with Gasteiger partial charge in [0.1, 0.15) is 11.5 Å². The second-order valence-corrected chi connectivity index (χ2v) is 5.60. The molecule has 0 fully saturated rings. The molecular formula is C19H16N2O4. The molecule has 0 spiro atoms. The molecule has 1 aliphatic heterocycles. The molecule has 1 amide bonds. The molecule has 0 aliphatic carbocycles. The van der Waals surface area contributed by atoms with Gasteiger partial charge in [-0.05, 0) is 35.9 Å². The maximum atomic E-state index is 12.4. The topological polar surface area (TPSA) is 82.8 Å². The zero-order valence-corrected chi connectivity index (χ0v) is 13.6. The predicted octanol–water partition coefficient (Wildman–Crippen LogP) is 2.99. The van der Waals surface area contributed by atoms with E-state index in [2.05, 4.69) is 6.58 Å². The molecular weight excluding hydrogens is 320 g/mol. The lowest BCUT2D eigenvalue weighted by atomic mass is 10.1. The first kappa shape index (κ1) is 16.6. The number of aliphatic hydroxyl groups is 1. The number of nitrogens with zero attached hydrogens (tertiary/aromatic N) is 2. The summed E-state index contributed by atoms with van der Waals surface area (Å²) in [6, 6.07) is 13.9. The Bertz CT molecular complexity index is 868. The molecule has 0 bridgehead atoms. The van der Waals surface area contributed by atoms with Crippen LogP contribution in [-0.2, 0) is 16.1 Å². The van der Waals surface area contributed by atoms with Crippen molar-refractivity contribution in [3.63, 3.8) is 0 Å². The maximum Gasteiger partial charge on any atom is 0.296 e. The van der Waals surface area contributed by atoms with Crippen molar-refractivity contribution in [3.05, 3.63) is 65.7 Å². The molecule has 0 saturated carbocycles. The summed E-state index contributed by atoms with van der Waals surface area (Å²) in [6.45, 7) is 3.65. The molecule has 3 rings (SSSR count). The molecule has 1 aliphatic rings. The molecule has 6 heteroatoms. The van der Waals surface area contributed by atoms with E-state index in [9.17, 15) is 9.90 Å². The van der Waals surface area contributed by atoms with Gasteiger partial charge in [-0.25, -0.2) is 0 Å². The molecule has 2 aromatic rings. The third-order valence-electron chi connectivity index (χ3n) is 3.91. The molecule has 2 aromatic carbocycles. The van der Waals surface area contributed by atoms with Crippen molar-refractivity contribution >= 4 is 17.4 Å². The summed E-state index contributed by atoms with van der Waals surface area (Å²) in [4.78, 5) is 13.8. The average Bonchev–Trinajstić information content (AvgIpc) is 2.63. The fraction of sp³-hybridized carbons (Fsp3) is 0.158. The van der Waals surface area contributed by atoms with Crippen LogP contribution in [0, 0.1) is 11.3 Å². The van der Waals surface area contributed by atoms with E-state index >= 15 is 0 Å². The van der Waals surface area contributed by atoms with Crippen LogP contribution >= 0.6 is 0 Å². The Hall–Kier alpha value is -3.30. The molecule has 6 nitrogen and oxygen atoms in total. The fourth-order valence-corrected chi connectivity index (χ4v) is 2.46. The smallest absolute Gasteiger partial charge is 0.296 e. The molecule has 126 valence electrons. The second kappa shape index (κ2) is 6.67. The third kappa shape index (κ3) is 3.32. The van der Waals surface area contributed by atoms with Crippen LogP contribution in [0.15, 0.2) is 49.0 Å². The maximum absolute atomic E-state index is 12.4. The number of rotatable bonds is 4. The van der Waals surface area contributed by atoms with Crippen LogP contribution in [0.1, 0.15) is 16.7 Å². The van der Waals surface area contributed by atoms with Crippen molar-refractivity contribution in [1.82, 2.24) is 0 Å². The van der Waals surface area contributed by atoms with Gasteiger partial charge in [-0.15, -0.1) is 0 Å². The first-order valence-corrected chi connectivity index (χ1v) is 7.57. The summed E-state index contributed by atoms with van der Waals surface area (Å²) < 4.78 is 11.3. The Morgan fingerprint density at radius 2 is 2.08 bits per heavy atom. The fourth-order valence-electron chi connectivity index (χ4n) is 2.46. The zero-order valence-electron chi connectivity index (χ0n) is 13.6. The molecule has 0 saturated heterocycles. The minimum atomic E-state index is -1.09. The number of ether oxygens (including phenoxy) is 2. The average molecular weight is 336 g/mol. The minimum Gasteiger partial charge on any atom is -0.508 e. The van der Waals surface area contributed by atoms with Crippen LogP contribution < -0.4 is 9.64 Å². The standard InChI is InChI=1S/C19H16N2O4/c1-12(22)15-7-8-16-17(9-15)25-19(18(23)21(16)2)24-11-14-5-3-13(10-20)4-6-14/h3-9,19,22H,1,11H2,2H3. The molecule has 1 unspecified atom stereocenters. The first-order chi connectivity index (χ1) is 12.0. The number of carbonyl (C=O) groups is 1. The summed E-state index contributed by atoms with van der Waals surface area (Å²) in [5.74, 6) is 0.0253. The highest BCUT2D eigenvalue weighted by atomic mass is 16.7. The largest absolute Gasteiger partial charge is 0.508 e. The van der Waals surface area contributed by atoms with E-state index in [4.69, 9.17) is 14.7 Å². The van der Waals surface area contributed by atoms with Gasteiger partial charge >= 0.3 is 0 Å². The molecule has 1 N–H and O–H groups in total. The van der Waals surface area contributed by atoms with Crippen LogP contribution in [-0.4, -0.2) is 24.4 Å². The van der Waals surface area contributed by atoms with Gasteiger partial charge in [0.2, 0.25) is 0 Å². The van der Waals surface area contributed by atoms with E-state index in [-0.39, 0.29) is 18.3 Å². The lowest BCUT2D eigenvalue weighted by Gasteiger charge is -2.31. The number of hydrogen-bond acceptors (Lipinski definition) is 5. The Morgan fingerprint density at radius 3 is 2.72 bits per heavy atom. The number of likely N-dealkylation sites (N-methyl/N-ethyl adjacent to an activating group) is 1. The van der Waals surface area contributed by atoms with Gasteiger partial charge in [0.15, 0.2) is 0 Å². The number of nitriles is 1.